The molecule has 0 bridgehead atoms. The van der Waals surface area contributed by atoms with E-state index >= 15 is 0 Å². The van der Waals surface area contributed by atoms with Crippen LogP contribution in [-0.2, 0) is 0 Å². The summed E-state index contributed by atoms with van der Waals surface area (Å²) in [5, 5.41) is 8.73. The first-order valence-electron chi connectivity index (χ1n) is 7.23. The number of rotatable bonds is 6. The highest BCUT2D eigenvalue weighted by Crippen LogP contribution is 2.40. The molecule has 110 valence electrons. The maximum Gasteiger partial charge on any atom is 0.261 e. The van der Waals surface area contributed by atoms with Crippen molar-refractivity contribution in [1.82, 2.24) is 9.97 Å². The zero-order valence-electron chi connectivity index (χ0n) is 11.9. The molecule has 0 saturated heterocycles. The summed E-state index contributed by atoms with van der Waals surface area (Å²) in [6.45, 7) is 2.87. The van der Waals surface area contributed by atoms with Crippen LogP contribution in [0.4, 0.5) is 10.9 Å². The molecule has 5 nitrogen and oxygen atoms in total. The molecule has 0 atom stereocenters. The Kier molecular flexibility index (Phi) is 4.15. The van der Waals surface area contributed by atoms with Crippen molar-refractivity contribution in [3.8, 4) is 0 Å². The smallest absolute Gasteiger partial charge is 0.261 e. The minimum atomic E-state index is -0.168. The second-order valence-electron chi connectivity index (χ2n) is 5.13. The molecule has 2 N–H and O–H groups in total. The van der Waals surface area contributed by atoms with Crippen LogP contribution in [0.15, 0.2) is 23.7 Å². The minimum Gasteiger partial charge on any atom is -0.369 e. The third kappa shape index (κ3) is 3.39. The third-order valence-electron chi connectivity index (χ3n) is 3.33. The van der Waals surface area contributed by atoms with Crippen molar-refractivity contribution in [3.63, 3.8) is 0 Å². The normalized spacial score (nSPS) is 14.0. The molecule has 2 heterocycles. The Balaban J connectivity index is 1.71. The van der Waals surface area contributed by atoms with Crippen LogP contribution in [0.2, 0.25) is 0 Å². The van der Waals surface area contributed by atoms with Gasteiger partial charge in [0.15, 0.2) is 5.13 Å². The van der Waals surface area contributed by atoms with E-state index in [0.29, 0.717) is 22.4 Å². The molecule has 1 fully saturated rings. The number of anilines is 2. The maximum absolute atomic E-state index is 12.4. The van der Waals surface area contributed by atoms with Crippen LogP contribution in [0.3, 0.4) is 0 Å². The Bertz CT molecular complexity index is 636. The van der Waals surface area contributed by atoms with E-state index < -0.39 is 0 Å². The lowest BCUT2D eigenvalue weighted by molar-refractivity contribution is 0.102. The van der Waals surface area contributed by atoms with Crippen molar-refractivity contribution in [3.05, 3.63) is 35.0 Å². The van der Waals surface area contributed by atoms with Gasteiger partial charge in [0.25, 0.3) is 5.91 Å². The van der Waals surface area contributed by atoms with E-state index in [4.69, 9.17) is 0 Å². The monoisotopic (exact) mass is 302 g/mol. The molecule has 1 saturated carbocycles. The van der Waals surface area contributed by atoms with Gasteiger partial charge in [-0.3, -0.25) is 10.1 Å². The zero-order valence-corrected chi connectivity index (χ0v) is 12.7. The fraction of sp³-hybridized carbons (Fsp3) is 0.400. The predicted octanol–water partition coefficient (Wildman–Crippen LogP) is 3.49. The van der Waals surface area contributed by atoms with Crippen molar-refractivity contribution in [2.75, 3.05) is 17.2 Å². The van der Waals surface area contributed by atoms with Crippen LogP contribution in [0.5, 0.6) is 0 Å². The number of amides is 1. The predicted molar refractivity (Wildman–Crippen MR) is 85.1 cm³/mol. The highest BCUT2D eigenvalue weighted by molar-refractivity contribution is 7.14. The number of carbonyl (C=O) groups is 1. The molecule has 0 radical (unpaired) electrons. The molecule has 21 heavy (non-hydrogen) atoms. The van der Waals surface area contributed by atoms with Crippen molar-refractivity contribution in [1.29, 1.82) is 0 Å². The molecule has 0 aromatic carbocycles. The van der Waals surface area contributed by atoms with E-state index in [1.54, 1.807) is 18.3 Å². The standard InChI is InChI=1S/C15H18N4OS/c1-2-7-16-13-11(4-3-8-17-13)14(20)19-15-18-12(9-21-15)10-5-6-10/h3-4,8-10H,2,5-7H2,1H3,(H,16,17)(H,18,19,20). The Morgan fingerprint density at radius 2 is 2.33 bits per heavy atom. The summed E-state index contributed by atoms with van der Waals surface area (Å²) in [4.78, 5) is 21.1. The molecule has 0 aliphatic heterocycles. The van der Waals surface area contributed by atoms with Gasteiger partial charge in [0.05, 0.1) is 11.3 Å². The van der Waals surface area contributed by atoms with Crippen LogP contribution < -0.4 is 10.6 Å². The van der Waals surface area contributed by atoms with Crippen LogP contribution in [0.25, 0.3) is 0 Å². The van der Waals surface area contributed by atoms with Crippen molar-refractivity contribution < 1.29 is 4.79 Å². The molecule has 1 aliphatic carbocycles. The van der Waals surface area contributed by atoms with E-state index in [0.717, 1.165) is 18.7 Å². The third-order valence-corrected chi connectivity index (χ3v) is 4.11. The fourth-order valence-corrected chi connectivity index (χ4v) is 2.83. The first-order chi connectivity index (χ1) is 10.3. The Morgan fingerprint density at radius 1 is 1.48 bits per heavy atom. The van der Waals surface area contributed by atoms with Gasteiger partial charge in [-0.05, 0) is 31.4 Å². The molecule has 3 rings (SSSR count). The van der Waals surface area contributed by atoms with Gasteiger partial charge in [-0.2, -0.15) is 0 Å². The average Bonchev–Trinajstić information content (AvgIpc) is 3.26. The van der Waals surface area contributed by atoms with Crippen molar-refractivity contribution in [2.24, 2.45) is 0 Å². The van der Waals surface area contributed by atoms with Gasteiger partial charge in [-0.1, -0.05) is 6.92 Å². The summed E-state index contributed by atoms with van der Waals surface area (Å²) in [5.74, 6) is 1.06. The Labute approximate surface area is 127 Å². The topological polar surface area (TPSA) is 66.9 Å². The van der Waals surface area contributed by atoms with Gasteiger partial charge in [0, 0.05) is 24.0 Å². The highest BCUT2D eigenvalue weighted by atomic mass is 32.1. The molecule has 1 amide bonds. The Morgan fingerprint density at radius 3 is 3.10 bits per heavy atom. The molecule has 0 unspecified atom stereocenters. The second-order valence-corrected chi connectivity index (χ2v) is 5.99. The van der Waals surface area contributed by atoms with Gasteiger partial charge < -0.3 is 5.32 Å². The molecule has 1 aliphatic rings. The lowest BCUT2D eigenvalue weighted by atomic mass is 10.2. The van der Waals surface area contributed by atoms with Crippen LogP contribution in [-0.4, -0.2) is 22.4 Å². The Hall–Kier alpha value is -1.95. The number of carbonyl (C=O) groups excluding carboxylic acids is 1. The summed E-state index contributed by atoms with van der Waals surface area (Å²) in [5.41, 5.74) is 1.65. The van der Waals surface area contributed by atoms with E-state index in [9.17, 15) is 4.79 Å². The number of hydrogen-bond acceptors (Lipinski definition) is 5. The van der Waals surface area contributed by atoms with Crippen molar-refractivity contribution in [2.45, 2.75) is 32.1 Å². The summed E-state index contributed by atoms with van der Waals surface area (Å²) in [6, 6.07) is 3.54. The van der Waals surface area contributed by atoms with E-state index in [-0.39, 0.29) is 5.91 Å². The number of hydrogen-bond donors (Lipinski definition) is 2. The number of aromatic nitrogens is 2. The van der Waals surface area contributed by atoms with E-state index in [2.05, 4.69) is 27.5 Å². The van der Waals surface area contributed by atoms with Gasteiger partial charge >= 0.3 is 0 Å². The fourth-order valence-electron chi connectivity index (χ4n) is 2.05. The number of pyridine rings is 1. The van der Waals surface area contributed by atoms with Gasteiger partial charge in [0.2, 0.25) is 0 Å². The van der Waals surface area contributed by atoms with Gasteiger partial charge in [-0.25, -0.2) is 9.97 Å². The summed E-state index contributed by atoms with van der Waals surface area (Å²) < 4.78 is 0. The lowest BCUT2D eigenvalue weighted by Crippen LogP contribution is -2.16. The molecule has 2 aromatic heterocycles. The number of thiazole rings is 1. The number of nitrogens with zero attached hydrogens (tertiary/aromatic N) is 2. The molecule has 6 heteroatoms. The molecule has 2 aromatic rings. The van der Waals surface area contributed by atoms with Crippen LogP contribution in [0.1, 0.15) is 48.2 Å². The van der Waals surface area contributed by atoms with E-state index in [1.807, 2.05) is 5.38 Å². The minimum absolute atomic E-state index is 0.168. The first-order valence-corrected chi connectivity index (χ1v) is 8.11. The summed E-state index contributed by atoms with van der Waals surface area (Å²) >= 11 is 1.48. The summed E-state index contributed by atoms with van der Waals surface area (Å²) in [6.07, 6.45) is 5.09. The van der Waals surface area contributed by atoms with Crippen molar-refractivity contribution >= 4 is 28.2 Å². The second kappa shape index (κ2) is 6.22. The first kappa shape index (κ1) is 14.0. The molecule has 0 spiro atoms. The lowest BCUT2D eigenvalue weighted by Gasteiger charge is -2.09. The zero-order chi connectivity index (χ0) is 14.7. The molecular weight excluding hydrogens is 284 g/mol. The number of nitrogens with one attached hydrogen (secondary N) is 2. The largest absolute Gasteiger partial charge is 0.369 e. The quantitative estimate of drug-likeness (QED) is 0.857. The summed E-state index contributed by atoms with van der Waals surface area (Å²) in [7, 11) is 0. The highest BCUT2D eigenvalue weighted by Gasteiger charge is 2.26. The van der Waals surface area contributed by atoms with Gasteiger partial charge in [-0.15, -0.1) is 11.3 Å². The average molecular weight is 302 g/mol. The van der Waals surface area contributed by atoms with Gasteiger partial charge in [0.1, 0.15) is 5.82 Å². The van der Waals surface area contributed by atoms with Crippen LogP contribution in [0, 0.1) is 0 Å². The maximum atomic E-state index is 12.4. The molecular formula is C15H18N4OS. The van der Waals surface area contributed by atoms with Crippen LogP contribution >= 0.6 is 11.3 Å². The van der Waals surface area contributed by atoms with E-state index in [1.165, 1.54) is 24.2 Å². The SMILES string of the molecule is CCCNc1ncccc1C(=O)Nc1nc(C2CC2)cs1.